The standard InChI is InChI=1S/C18H23N7O4S2/c1-4-31(26,27)22-5-6-25-17-15(16(19)20-9-21-17)23-18(25)30-14-8-13-12(28-10-29-13)7-11(14)24(2)3/h7-9,22H,4-6,10H2,1-3H3,(H2,19,20,21). The highest BCUT2D eigenvalue weighted by Gasteiger charge is 2.22. The molecule has 0 radical (unpaired) electrons. The summed E-state index contributed by atoms with van der Waals surface area (Å²) in [6.07, 6.45) is 1.37. The smallest absolute Gasteiger partial charge is 0.231 e. The number of anilines is 2. The number of nitrogens with one attached hydrogen (secondary N) is 1. The number of ether oxygens (including phenoxy) is 2. The molecule has 0 saturated heterocycles. The van der Waals surface area contributed by atoms with Gasteiger partial charge in [-0.05, 0) is 18.7 Å². The van der Waals surface area contributed by atoms with E-state index in [1.807, 2.05) is 35.7 Å². The maximum absolute atomic E-state index is 11.8. The average Bonchev–Trinajstić information content (AvgIpc) is 3.32. The van der Waals surface area contributed by atoms with Gasteiger partial charge in [-0.2, -0.15) is 0 Å². The lowest BCUT2D eigenvalue weighted by Gasteiger charge is -2.18. The van der Waals surface area contributed by atoms with Gasteiger partial charge in [0.1, 0.15) is 6.33 Å². The Morgan fingerprint density at radius 2 is 2.00 bits per heavy atom. The van der Waals surface area contributed by atoms with E-state index in [1.165, 1.54) is 18.1 Å². The van der Waals surface area contributed by atoms with Crippen LogP contribution < -0.4 is 24.8 Å². The van der Waals surface area contributed by atoms with E-state index in [2.05, 4.69) is 19.7 Å². The van der Waals surface area contributed by atoms with Gasteiger partial charge in [0, 0.05) is 44.2 Å². The molecule has 0 saturated carbocycles. The van der Waals surface area contributed by atoms with E-state index in [1.54, 1.807) is 6.92 Å². The van der Waals surface area contributed by atoms with Crippen LogP contribution >= 0.6 is 11.8 Å². The molecule has 3 aromatic rings. The molecule has 0 fully saturated rings. The van der Waals surface area contributed by atoms with Gasteiger partial charge in [0.15, 0.2) is 33.6 Å². The summed E-state index contributed by atoms with van der Waals surface area (Å²) in [4.78, 5) is 15.9. The summed E-state index contributed by atoms with van der Waals surface area (Å²) in [6, 6.07) is 3.82. The van der Waals surface area contributed by atoms with E-state index >= 15 is 0 Å². The molecule has 11 nitrogen and oxygen atoms in total. The zero-order chi connectivity index (χ0) is 22.2. The molecular formula is C18H23N7O4S2. The molecular weight excluding hydrogens is 442 g/mol. The Morgan fingerprint density at radius 1 is 1.26 bits per heavy atom. The van der Waals surface area contributed by atoms with Crippen LogP contribution in [0.3, 0.4) is 0 Å². The van der Waals surface area contributed by atoms with Gasteiger partial charge in [-0.3, -0.25) is 0 Å². The molecule has 0 atom stereocenters. The average molecular weight is 466 g/mol. The lowest BCUT2D eigenvalue weighted by atomic mass is 10.2. The molecule has 4 rings (SSSR count). The lowest BCUT2D eigenvalue weighted by molar-refractivity contribution is 0.174. The number of rotatable bonds is 8. The first kappa shape index (κ1) is 21.5. The number of imidazole rings is 1. The number of sulfonamides is 1. The Bertz CT molecular complexity index is 1230. The number of fused-ring (bicyclic) bond motifs is 2. The zero-order valence-electron chi connectivity index (χ0n) is 17.3. The minimum absolute atomic E-state index is 0.0117. The SMILES string of the molecule is CCS(=O)(=O)NCCn1c(Sc2cc3c(cc2N(C)C)OCO3)nc2c(N)ncnc21. The summed E-state index contributed by atoms with van der Waals surface area (Å²) in [5.74, 6) is 1.62. The fraction of sp³-hybridized carbons (Fsp3) is 0.389. The van der Waals surface area contributed by atoms with Crippen molar-refractivity contribution in [2.45, 2.75) is 23.5 Å². The molecule has 0 bridgehead atoms. The Morgan fingerprint density at radius 3 is 2.71 bits per heavy atom. The van der Waals surface area contributed by atoms with E-state index in [0.717, 1.165) is 10.6 Å². The van der Waals surface area contributed by atoms with Crippen LogP contribution in [0, 0.1) is 0 Å². The summed E-state index contributed by atoms with van der Waals surface area (Å²) in [5.41, 5.74) is 7.95. The van der Waals surface area contributed by atoms with Crippen molar-refractivity contribution >= 4 is 44.5 Å². The number of hydrogen-bond acceptors (Lipinski definition) is 10. The summed E-state index contributed by atoms with van der Waals surface area (Å²) in [7, 11) is 0.560. The molecule has 3 N–H and O–H groups in total. The summed E-state index contributed by atoms with van der Waals surface area (Å²) in [5, 5.41) is 0.611. The zero-order valence-corrected chi connectivity index (χ0v) is 19.0. The summed E-state index contributed by atoms with van der Waals surface area (Å²) in [6.45, 7) is 2.29. The second kappa shape index (κ2) is 8.40. The first-order valence-electron chi connectivity index (χ1n) is 9.52. The molecule has 0 amide bonds. The van der Waals surface area contributed by atoms with Crippen LogP contribution in [0.4, 0.5) is 11.5 Å². The topological polar surface area (TPSA) is 137 Å². The van der Waals surface area contributed by atoms with Crippen LogP contribution in [0.5, 0.6) is 11.5 Å². The quantitative estimate of drug-likeness (QED) is 0.500. The van der Waals surface area contributed by atoms with Crippen molar-refractivity contribution in [2.24, 2.45) is 0 Å². The van der Waals surface area contributed by atoms with Gasteiger partial charge in [0.2, 0.25) is 16.8 Å². The minimum Gasteiger partial charge on any atom is -0.454 e. The van der Waals surface area contributed by atoms with E-state index in [4.69, 9.17) is 15.2 Å². The fourth-order valence-electron chi connectivity index (χ4n) is 3.07. The lowest BCUT2D eigenvalue weighted by Crippen LogP contribution is -2.28. The number of benzene rings is 1. The molecule has 1 aliphatic heterocycles. The third kappa shape index (κ3) is 4.34. The van der Waals surface area contributed by atoms with Gasteiger partial charge in [0.05, 0.1) is 11.4 Å². The van der Waals surface area contributed by atoms with E-state index in [0.29, 0.717) is 34.4 Å². The maximum atomic E-state index is 11.8. The number of aromatic nitrogens is 4. The van der Waals surface area contributed by atoms with Gasteiger partial charge in [0.25, 0.3) is 0 Å². The van der Waals surface area contributed by atoms with Crippen LogP contribution in [0.15, 0.2) is 28.5 Å². The van der Waals surface area contributed by atoms with Crippen molar-refractivity contribution in [3.8, 4) is 11.5 Å². The number of nitrogens with zero attached hydrogens (tertiary/aromatic N) is 5. The minimum atomic E-state index is -3.32. The maximum Gasteiger partial charge on any atom is 0.231 e. The third-order valence-electron chi connectivity index (χ3n) is 4.70. The van der Waals surface area contributed by atoms with Crippen LogP contribution in [0.25, 0.3) is 11.2 Å². The molecule has 0 unspecified atom stereocenters. The normalized spacial score (nSPS) is 13.1. The fourth-order valence-corrected chi connectivity index (χ4v) is 4.81. The van der Waals surface area contributed by atoms with E-state index < -0.39 is 10.0 Å². The molecule has 1 aliphatic rings. The Balaban J connectivity index is 1.73. The molecule has 1 aromatic carbocycles. The first-order chi connectivity index (χ1) is 14.8. The first-order valence-corrected chi connectivity index (χ1v) is 12.0. The molecule has 166 valence electrons. The Labute approximate surface area is 184 Å². The van der Waals surface area contributed by atoms with Crippen molar-refractivity contribution in [1.29, 1.82) is 0 Å². The van der Waals surface area contributed by atoms with Crippen molar-refractivity contribution < 1.29 is 17.9 Å². The molecule has 0 spiro atoms. The number of hydrogen-bond donors (Lipinski definition) is 2. The van der Waals surface area contributed by atoms with Crippen molar-refractivity contribution in [3.63, 3.8) is 0 Å². The second-order valence-electron chi connectivity index (χ2n) is 6.94. The second-order valence-corrected chi connectivity index (χ2v) is 10.0. The molecule has 2 aromatic heterocycles. The van der Waals surface area contributed by atoms with Gasteiger partial charge in [-0.1, -0.05) is 0 Å². The monoisotopic (exact) mass is 465 g/mol. The summed E-state index contributed by atoms with van der Waals surface area (Å²) >= 11 is 1.41. The van der Waals surface area contributed by atoms with E-state index in [9.17, 15) is 8.42 Å². The van der Waals surface area contributed by atoms with Gasteiger partial charge in [-0.15, -0.1) is 0 Å². The van der Waals surface area contributed by atoms with Crippen LogP contribution in [-0.4, -0.2) is 61.1 Å². The third-order valence-corrected chi connectivity index (χ3v) is 7.15. The van der Waals surface area contributed by atoms with Gasteiger partial charge >= 0.3 is 0 Å². The summed E-state index contributed by atoms with van der Waals surface area (Å²) < 4.78 is 39.1. The number of nitrogens with two attached hydrogens (primary N) is 1. The highest BCUT2D eigenvalue weighted by molar-refractivity contribution is 7.99. The largest absolute Gasteiger partial charge is 0.454 e. The molecule has 31 heavy (non-hydrogen) atoms. The Kier molecular flexibility index (Phi) is 5.81. The highest BCUT2D eigenvalue weighted by Crippen LogP contribution is 2.44. The van der Waals surface area contributed by atoms with Crippen molar-refractivity contribution in [1.82, 2.24) is 24.2 Å². The van der Waals surface area contributed by atoms with E-state index in [-0.39, 0.29) is 24.9 Å². The van der Waals surface area contributed by atoms with Crippen molar-refractivity contribution in [2.75, 3.05) is 43.8 Å². The highest BCUT2D eigenvalue weighted by atomic mass is 32.2. The van der Waals surface area contributed by atoms with Crippen molar-refractivity contribution in [3.05, 3.63) is 18.5 Å². The molecule has 0 aliphatic carbocycles. The van der Waals surface area contributed by atoms with Gasteiger partial charge < -0.3 is 24.7 Å². The molecule has 3 heterocycles. The van der Waals surface area contributed by atoms with Crippen LogP contribution in [0.2, 0.25) is 0 Å². The Hall–Kier alpha value is -2.77. The number of nitrogen functional groups attached to an aromatic ring is 1. The predicted molar refractivity (Wildman–Crippen MR) is 118 cm³/mol. The van der Waals surface area contributed by atoms with Gasteiger partial charge in [-0.25, -0.2) is 28.1 Å². The van der Waals surface area contributed by atoms with Crippen LogP contribution in [0.1, 0.15) is 6.92 Å². The van der Waals surface area contributed by atoms with Crippen LogP contribution in [-0.2, 0) is 16.6 Å². The molecule has 13 heteroatoms. The predicted octanol–water partition coefficient (Wildman–Crippen LogP) is 1.29.